The predicted molar refractivity (Wildman–Crippen MR) is 70.2 cm³/mol. The molecule has 0 atom stereocenters. The van der Waals surface area contributed by atoms with Crippen molar-refractivity contribution in [1.82, 2.24) is 0 Å². The van der Waals surface area contributed by atoms with Crippen LogP contribution < -0.4 is 4.74 Å². The molecule has 1 aromatic rings. The van der Waals surface area contributed by atoms with Gasteiger partial charge >= 0.3 is 5.97 Å². The molecule has 0 radical (unpaired) electrons. The third-order valence-electron chi connectivity index (χ3n) is 2.45. The summed E-state index contributed by atoms with van der Waals surface area (Å²) < 4.78 is 10.6. The zero-order valence-corrected chi connectivity index (χ0v) is 10.6. The predicted octanol–water partition coefficient (Wildman–Crippen LogP) is 3.10. The molecule has 2 rings (SSSR count). The molecule has 0 aliphatic carbocycles. The highest BCUT2D eigenvalue weighted by Gasteiger charge is 2.09. The lowest BCUT2D eigenvalue weighted by Crippen LogP contribution is -2.13. The van der Waals surface area contributed by atoms with E-state index in [2.05, 4.69) is 0 Å². The quantitative estimate of drug-likeness (QED) is 0.766. The highest BCUT2D eigenvalue weighted by Crippen LogP contribution is 2.24. The van der Waals surface area contributed by atoms with Gasteiger partial charge in [0.2, 0.25) is 0 Å². The monoisotopic (exact) mass is 244 g/mol. The minimum atomic E-state index is -0.218. The zero-order valence-electron chi connectivity index (χ0n) is 10.6. The molecule has 1 aliphatic heterocycles. The van der Waals surface area contributed by atoms with E-state index in [1.54, 1.807) is 6.26 Å². The van der Waals surface area contributed by atoms with Gasteiger partial charge < -0.3 is 9.47 Å². The number of carbonyl (C=O) groups is 1. The molecule has 0 fully saturated rings. The van der Waals surface area contributed by atoms with Crippen LogP contribution in [-0.2, 0) is 16.0 Å². The maximum absolute atomic E-state index is 11.6. The number of hydrogen-bond donors (Lipinski definition) is 0. The van der Waals surface area contributed by atoms with Gasteiger partial charge in [0.15, 0.2) is 0 Å². The average Bonchev–Trinajstić information content (AvgIpc) is 2.52. The highest BCUT2D eigenvalue weighted by atomic mass is 16.5. The van der Waals surface area contributed by atoms with Crippen molar-refractivity contribution in [2.75, 3.05) is 0 Å². The smallest absolute Gasteiger partial charge is 0.310 e. The number of ether oxygens (including phenoxy) is 2. The molecule has 0 unspecified atom stereocenters. The molecule has 0 bridgehead atoms. The standard InChI is InChI=1S/C15H16O3/c1-11(2)18-15(16)10-12-6-7-13-5-3-4-8-17-14(13)9-12/h3-9,11H,10H2,1-2H3. The third kappa shape index (κ3) is 3.23. The van der Waals surface area contributed by atoms with Crippen molar-refractivity contribution >= 4 is 12.0 Å². The Hall–Kier alpha value is -2.03. The Morgan fingerprint density at radius 3 is 2.94 bits per heavy atom. The van der Waals surface area contributed by atoms with Crippen LogP contribution in [0.25, 0.3) is 6.08 Å². The first-order valence-corrected chi connectivity index (χ1v) is 5.97. The molecule has 0 aromatic heterocycles. The number of carbonyl (C=O) groups excluding carboxylic acids is 1. The topological polar surface area (TPSA) is 35.5 Å². The van der Waals surface area contributed by atoms with Gasteiger partial charge in [0.05, 0.1) is 18.8 Å². The fraction of sp³-hybridized carbons (Fsp3) is 0.267. The van der Waals surface area contributed by atoms with Crippen LogP contribution in [-0.4, -0.2) is 12.1 Å². The van der Waals surface area contributed by atoms with Crippen molar-refractivity contribution in [3.05, 3.63) is 47.7 Å². The first kappa shape index (κ1) is 12.4. The molecule has 18 heavy (non-hydrogen) atoms. The molecular formula is C15H16O3. The number of esters is 1. The maximum atomic E-state index is 11.6. The van der Waals surface area contributed by atoms with Crippen molar-refractivity contribution in [1.29, 1.82) is 0 Å². The van der Waals surface area contributed by atoms with E-state index in [1.807, 2.05) is 50.3 Å². The van der Waals surface area contributed by atoms with Crippen molar-refractivity contribution < 1.29 is 14.3 Å². The van der Waals surface area contributed by atoms with E-state index in [0.717, 1.165) is 16.9 Å². The fourth-order valence-corrected chi connectivity index (χ4v) is 1.72. The van der Waals surface area contributed by atoms with Crippen molar-refractivity contribution in [3.8, 4) is 5.75 Å². The molecule has 0 spiro atoms. The van der Waals surface area contributed by atoms with Gasteiger partial charge in [-0.1, -0.05) is 24.3 Å². The second-order valence-electron chi connectivity index (χ2n) is 4.39. The molecule has 94 valence electrons. The number of fused-ring (bicyclic) bond motifs is 1. The van der Waals surface area contributed by atoms with Crippen LogP contribution in [0.3, 0.4) is 0 Å². The molecule has 0 amide bonds. The summed E-state index contributed by atoms with van der Waals surface area (Å²) in [5.74, 6) is 0.541. The van der Waals surface area contributed by atoms with Gasteiger partial charge in [0, 0.05) is 5.56 Å². The van der Waals surface area contributed by atoms with Gasteiger partial charge in [-0.3, -0.25) is 4.79 Å². The molecule has 0 saturated carbocycles. The molecule has 3 heteroatoms. The molecule has 1 heterocycles. The summed E-state index contributed by atoms with van der Waals surface area (Å²) in [7, 11) is 0. The van der Waals surface area contributed by atoms with Crippen molar-refractivity contribution in [2.24, 2.45) is 0 Å². The second kappa shape index (κ2) is 5.54. The van der Waals surface area contributed by atoms with Crippen molar-refractivity contribution in [3.63, 3.8) is 0 Å². The second-order valence-corrected chi connectivity index (χ2v) is 4.39. The Morgan fingerprint density at radius 1 is 1.33 bits per heavy atom. The van der Waals surface area contributed by atoms with E-state index < -0.39 is 0 Å². The molecule has 0 saturated heterocycles. The first-order valence-electron chi connectivity index (χ1n) is 5.97. The van der Waals surface area contributed by atoms with Gasteiger partial charge in [-0.25, -0.2) is 0 Å². The molecule has 0 N–H and O–H groups in total. The Bertz CT molecular complexity index is 498. The van der Waals surface area contributed by atoms with Crippen molar-refractivity contribution in [2.45, 2.75) is 26.4 Å². The van der Waals surface area contributed by atoms with E-state index >= 15 is 0 Å². The lowest BCUT2D eigenvalue weighted by molar-refractivity contribution is -0.146. The summed E-state index contributed by atoms with van der Waals surface area (Å²) in [6, 6.07) is 5.73. The summed E-state index contributed by atoms with van der Waals surface area (Å²) in [6.45, 7) is 3.68. The Morgan fingerprint density at radius 2 is 2.17 bits per heavy atom. The lowest BCUT2D eigenvalue weighted by atomic mass is 10.1. The van der Waals surface area contributed by atoms with Crippen LogP contribution in [0.5, 0.6) is 5.75 Å². The van der Waals surface area contributed by atoms with E-state index in [1.165, 1.54) is 0 Å². The SMILES string of the molecule is CC(C)OC(=O)Cc1ccc2c(c1)OC=CC=C2. The van der Waals surface area contributed by atoms with Gasteiger partial charge in [0.25, 0.3) is 0 Å². The summed E-state index contributed by atoms with van der Waals surface area (Å²) in [5.41, 5.74) is 1.89. The maximum Gasteiger partial charge on any atom is 0.310 e. The number of benzene rings is 1. The van der Waals surface area contributed by atoms with E-state index in [0.29, 0.717) is 0 Å². The summed E-state index contributed by atoms with van der Waals surface area (Å²) in [5, 5.41) is 0. The Labute approximate surface area is 107 Å². The van der Waals surface area contributed by atoms with Crippen LogP contribution >= 0.6 is 0 Å². The molecule has 1 aromatic carbocycles. The van der Waals surface area contributed by atoms with Crippen LogP contribution in [0.4, 0.5) is 0 Å². The number of hydrogen-bond acceptors (Lipinski definition) is 3. The fourth-order valence-electron chi connectivity index (χ4n) is 1.72. The molecular weight excluding hydrogens is 228 g/mol. The van der Waals surface area contributed by atoms with Gasteiger partial charge in [0.1, 0.15) is 5.75 Å². The van der Waals surface area contributed by atoms with E-state index in [-0.39, 0.29) is 18.5 Å². The van der Waals surface area contributed by atoms with E-state index in [4.69, 9.17) is 9.47 Å². The number of rotatable bonds is 3. The average molecular weight is 244 g/mol. The van der Waals surface area contributed by atoms with Gasteiger partial charge in [-0.2, -0.15) is 0 Å². The van der Waals surface area contributed by atoms with Gasteiger partial charge in [-0.05, 0) is 31.6 Å². The first-order chi connectivity index (χ1) is 8.65. The lowest BCUT2D eigenvalue weighted by Gasteiger charge is -2.09. The highest BCUT2D eigenvalue weighted by molar-refractivity contribution is 5.73. The Balaban J connectivity index is 2.12. The van der Waals surface area contributed by atoms with E-state index in [9.17, 15) is 4.79 Å². The summed E-state index contributed by atoms with van der Waals surface area (Å²) in [4.78, 5) is 11.6. The van der Waals surface area contributed by atoms with Crippen LogP contribution in [0.1, 0.15) is 25.0 Å². The largest absolute Gasteiger partial charge is 0.464 e. The van der Waals surface area contributed by atoms with Crippen LogP contribution in [0.15, 0.2) is 36.6 Å². The summed E-state index contributed by atoms with van der Waals surface area (Å²) in [6.07, 6.45) is 7.52. The third-order valence-corrected chi connectivity index (χ3v) is 2.45. The zero-order chi connectivity index (χ0) is 13.0. The minimum absolute atomic E-state index is 0.0829. The van der Waals surface area contributed by atoms with Crippen LogP contribution in [0, 0.1) is 0 Å². The molecule has 1 aliphatic rings. The number of allylic oxidation sites excluding steroid dienone is 2. The van der Waals surface area contributed by atoms with Crippen LogP contribution in [0.2, 0.25) is 0 Å². The van der Waals surface area contributed by atoms with Gasteiger partial charge in [-0.15, -0.1) is 0 Å². The minimum Gasteiger partial charge on any atom is -0.464 e. The Kier molecular flexibility index (Phi) is 3.82. The summed E-state index contributed by atoms with van der Waals surface area (Å²) >= 11 is 0. The normalized spacial score (nSPS) is 12.8. The molecule has 3 nitrogen and oxygen atoms in total.